The maximum absolute atomic E-state index is 10.7. The lowest BCUT2D eigenvalue weighted by molar-refractivity contribution is -0.139. The Labute approximate surface area is 110 Å². The van der Waals surface area contributed by atoms with Gasteiger partial charge in [-0.3, -0.25) is 4.79 Å². The van der Waals surface area contributed by atoms with Crippen molar-refractivity contribution < 1.29 is 19.4 Å². The van der Waals surface area contributed by atoms with Gasteiger partial charge in [-0.2, -0.15) is 0 Å². The number of carbonyl (C=O) groups is 1. The molecule has 0 aliphatic heterocycles. The van der Waals surface area contributed by atoms with Crippen LogP contribution in [0.15, 0.2) is 36.4 Å². The third kappa shape index (κ3) is 2.77. The molecule has 0 spiro atoms. The highest BCUT2D eigenvalue weighted by Gasteiger charge is 2.15. The van der Waals surface area contributed by atoms with Crippen LogP contribution in [0.3, 0.4) is 0 Å². The molecule has 0 aliphatic rings. The molecule has 0 saturated heterocycles. The fraction of sp³-hybridized carbons (Fsp3) is 0.214. The average molecular weight is 261 g/mol. The molecule has 0 radical (unpaired) electrons. The second-order valence-corrected chi connectivity index (χ2v) is 4.07. The molecule has 0 heterocycles. The third-order valence-corrected chi connectivity index (χ3v) is 2.79. The average Bonchev–Trinajstić information content (AvgIpc) is 2.43. The van der Waals surface area contributed by atoms with E-state index < -0.39 is 12.0 Å². The van der Waals surface area contributed by atoms with Crippen LogP contribution in [-0.4, -0.2) is 30.8 Å². The zero-order chi connectivity index (χ0) is 13.8. The number of rotatable bonds is 5. The van der Waals surface area contributed by atoms with Crippen molar-refractivity contribution in [3.63, 3.8) is 0 Å². The molecule has 0 amide bonds. The molecule has 2 aromatic carbocycles. The first-order valence-corrected chi connectivity index (χ1v) is 5.80. The highest BCUT2D eigenvalue weighted by atomic mass is 16.5. The van der Waals surface area contributed by atoms with Crippen LogP contribution in [0.5, 0.6) is 11.5 Å². The summed E-state index contributed by atoms with van der Waals surface area (Å²) in [5.74, 6) is -0.0345. The summed E-state index contributed by atoms with van der Waals surface area (Å²) in [6.45, 7) is -0.111. The standard InChI is InChI=1S/C14H15NO4/c1-18-12-7-6-9-4-2-3-5-10(9)13(12)19-8-11(15)14(16)17/h2-7,11H,8,15H2,1H3,(H,16,17)/t11-/m0/s1. The zero-order valence-electron chi connectivity index (χ0n) is 10.5. The minimum Gasteiger partial charge on any atom is -0.493 e. The van der Waals surface area contributed by atoms with Crippen molar-refractivity contribution in [3.05, 3.63) is 36.4 Å². The van der Waals surface area contributed by atoms with Gasteiger partial charge in [0.25, 0.3) is 0 Å². The van der Waals surface area contributed by atoms with Gasteiger partial charge >= 0.3 is 5.97 Å². The Hall–Kier alpha value is -2.27. The monoisotopic (exact) mass is 261 g/mol. The van der Waals surface area contributed by atoms with Crippen molar-refractivity contribution in [1.29, 1.82) is 0 Å². The number of aliphatic carboxylic acids is 1. The molecule has 3 N–H and O–H groups in total. The summed E-state index contributed by atoms with van der Waals surface area (Å²) < 4.78 is 10.8. The number of ether oxygens (including phenoxy) is 2. The van der Waals surface area contributed by atoms with Crippen LogP contribution in [-0.2, 0) is 4.79 Å². The number of fused-ring (bicyclic) bond motifs is 1. The first-order chi connectivity index (χ1) is 9.13. The zero-order valence-corrected chi connectivity index (χ0v) is 10.5. The molecule has 0 aromatic heterocycles. The summed E-state index contributed by atoms with van der Waals surface area (Å²) >= 11 is 0. The lowest BCUT2D eigenvalue weighted by Crippen LogP contribution is -2.36. The van der Waals surface area contributed by atoms with Crippen molar-refractivity contribution in [2.75, 3.05) is 13.7 Å². The van der Waals surface area contributed by atoms with Crippen molar-refractivity contribution in [3.8, 4) is 11.5 Å². The van der Waals surface area contributed by atoms with E-state index in [1.807, 2.05) is 30.3 Å². The molecule has 0 fully saturated rings. The SMILES string of the molecule is COc1ccc2ccccc2c1OC[C@H](N)C(=O)O. The largest absolute Gasteiger partial charge is 0.493 e. The molecule has 19 heavy (non-hydrogen) atoms. The summed E-state index contributed by atoms with van der Waals surface area (Å²) in [5.41, 5.74) is 5.43. The Morgan fingerprint density at radius 2 is 2.05 bits per heavy atom. The number of methoxy groups -OCH3 is 1. The summed E-state index contributed by atoms with van der Waals surface area (Å²) in [5, 5.41) is 10.6. The second-order valence-electron chi connectivity index (χ2n) is 4.07. The minimum atomic E-state index is -1.10. The fourth-order valence-corrected chi connectivity index (χ4v) is 1.78. The lowest BCUT2D eigenvalue weighted by atomic mass is 10.1. The van der Waals surface area contributed by atoms with E-state index in [0.717, 1.165) is 10.8 Å². The van der Waals surface area contributed by atoms with Gasteiger partial charge in [0.15, 0.2) is 11.5 Å². The van der Waals surface area contributed by atoms with Gasteiger partial charge in [-0.15, -0.1) is 0 Å². The van der Waals surface area contributed by atoms with E-state index >= 15 is 0 Å². The minimum absolute atomic E-state index is 0.111. The third-order valence-electron chi connectivity index (χ3n) is 2.79. The predicted octanol–water partition coefficient (Wildman–Crippen LogP) is 1.64. The van der Waals surface area contributed by atoms with Crippen molar-refractivity contribution >= 4 is 16.7 Å². The fourth-order valence-electron chi connectivity index (χ4n) is 1.78. The van der Waals surface area contributed by atoms with Crippen LogP contribution in [0, 0.1) is 0 Å². The highest BCUT2D eigenvalue weighted by molar-refractivity contribution is 5.90. The van der Waals surface area contributed by atoms with Crippen LogP contribution in [0.25, 0.3) is 10.8 Å². The first-order valence-electron chi connectivity index (χ1n) is 5.80. The van der Waals surface area contributed by atoms with E-state index in [1.54, 1.807) is 6.07 Å². The van der Waals surface area contributed by atoms with E-state index in [9.17, 15) is 4.79 Å². The molecule has 5 nitrogen and oxygen atoms in total. The Morgan fingerprint density at radius 3 is 2.74 bits per heavy atom. The number of hydrogen-bond donors (Lipinski definition) is 2. The van der Waals surface area contributed by atoms with Gasteiger partial charge in [0.2, 0.25) is 0 Å². The van der Waals surface area contributed by atoms with E-state index in [1.165, 1.54) is 7.11 Å². The number of carboxylic acid groups (broad SMARTS) is 1. The topological polar surface area (TPSA) is 81.8 Å². The molecule has 0 aliphatic carbocycles. The molecular weight excluding hydrogens is 246 g/mol. The molecular formula is C14H15NO4. The number of nitrogens with two attached hydrogens (primary N) is 1. The summed E-state index contributed by atoms with van der Waals surface area (Å²) in [6, 6.07) is 10.3. The van der Waals surface area contributed by atoms with Gasteiger partial charge < -0.3 is 20.3 Å². The Bertz CT molecular complexity index is 597. The molecule has 100 valence electrons. The van der Waals surface area contributed by atoms with Gasteiger partial charge in [-0.05, 0) is 11.5 Å². The Kier molecular flexibility index (Phi) is 3.87. The lowest BCUT2D eigenvalue weighted by Gasteiger charge is -2.15. The Balaban J connectivity index is 2.36. The van der Waals surface area contributed by atoms with Crippen LogP contribution >= 0.6 is 0 Å². The van der Waals surface area contributed by atoms with Crippen molar-refractivity contribution in [2.24, 2.45) is 5.73 Å². The first kappa shape index (κ1) is 13.2. The predicted molar refractivity (Wildman–Crippen MR) is 71.6 cm³/mol. The van der Waals surface area contributed by atoms with Crippen molar-refractivity contribution in [1.82, 2.24) is 0 Å². The van der Waals surface area contributed by atoms with Gasteiger partial charge in [0, 0.05) is 5.39 Å². The normalized spacial score (nSPS) is 12.1. The van der Waals surface area contributed by atoms with E-state index in [-0.39, 0.29) is 6.61 Å². The molecule has 0 unspecified atom stereocenters. The highest BCUT2D eigenvalue weighted by Crippen LogP contribution is 2.35. The van der Waals surface area contributed by atoms with E-state index in [0.29, 0.717) is 11.5 Å². The smallest absolute Gasteiger partial charge is 0.324 e. The van der Waals surface area contributed by atoms with E-state index in [2.05, 4.69) is 0 Å². The molecule has 5 heteroatoms. The van der Waals surface area contributed by atoms with Crippen LogP contribution in [0.2, 0.25) is 0 Å². The van der Waals surface area contributed by atoms with Gasteiger partial charge in [-0.1, -0.05) is 30.3 Å². The summed E-state index contributed by atoms with van der Waals surface area (Å²) in [6.07, 6.45) is 0. The Morgan fingerprint density at radius 1 is 1.32 bits per heavy atom. The van der Waals surface area contributed by atoms with Gasteiger partial charge in [0.1, 0.15) is 12.6 Å². The molecule has 2 aromatic rings. The maximum Gasteiger partial charge on any atom is 0.324 e. The van der Waals surface area contributed by atoms with Crippen molar-refractivity contribution in [2.45, 2.75) is 6.04 Å². The number of carboxylic acids is 1. The second kappa shape index (κ2) is 5.58. The molecule has 2 rings (SSSR count). The van der Waals surface area contributed by atoms with Gasteiger partial charge in [-0.25, -0.2) is 0 Å². The number of hydrogen-bond acceptors (Lipinski definition) is 4. The quantitative estimate of drug-likeness (QED) is 0.855. The van der Waals surface area contributed by atoms with Gasteiger partial charge in [0.05, 0.1) is 7.11 Å². The molecule has 0 saturated carbocycles. The summed E-state index contributed by atoms with van der Waals surface area (Å²) in [7, 11) is 1.54. The molecule has 0 bridgehead atoms. The molecule has 1 atom stereocenters. The maximum atomic E-state index is 10.7. The number of benzene rings is 2. The summed E-state index contributed by atoms with van der Waals surface area (Å²) in [4.78, 5) is 10.7. The van der Waals surface area contributed by atoms with E-state index in [4.69, 9.17) is 20.3 Å². The van der Waals surface area contributed by atoms with Crippen LogP contribution in [0.4, 0.5) is 0 Å². The van der Waals surface area contributed by atoms with Crippen LogP contribution in [0.1, 0.15) is 0 Å². The van der Waals surface area contributed by atoms with Crippen LogP contribution < -0.4 is 15.2 Å².